The SMILES string of the molecule is N#CC(O)C(F)(F)C#N. The second-order valence-corrected chi connectivity index (χ2v) is 1.27. The van der Waals surface area contributed by atoms with Crippen LogP contribution in [-0.4, -0.2) is 17.1 Å². The highest BCUT2D eigenvalue weighted by molar-refractivity contribution is 5.06. The molecule has 0 saturated heterocycles. The second-order valence-electron chi connectivity index (χ2n) is 1.27. The molecule has 0 rings (SSSR count). The van der Waals surface area contributed by atoms with E-state index in [-0.39, 0.29) is 0 Å². The zero-order chi connectivity index (χ0) is 7.49. The predicted molar refractivity (Wildman–Crippen MR) is 22.2 cm³/mol. The fourth-order valence-electron chi connectivity index (χ4n) is 0.142. The summed E-state index contributed by atoms with van der Waals surface area (Å²) in [5, 5.41) is 23.3. The monoisotopic (exact) mass is 132 g/mol. The smallest absolute Gasteiger partial charge is 0.370 e. The van der Waals surface area contributed by atoms with Crippen molar-refractivity contribution >= 4 is 0 Å². The van der Waals surface area contributed by atoms with E-state index >= 15 is 0 Å². The van der Waals surface area contributed by atoms with Gasteiger partial charge < -0.3 is 5.11 Å². The normalized spacial score (nSPS) is 13.4. The van der Waals surface area contributed by atoms with Crippen molar-refractivity contribution in [2.75, 3.05) is 0 Å². The third kappa shape index (κ3) is 1.63. The third-order valence-corrected chi connectivity index (χ3v) is 0.615. The summed E-state index contributed by atoms with van der Waals surface area (Å²) in [7, 11) is 0. The molecule has 3 nitrogen and oxygen atoms in total. The van der Waals surface area contributed by atoms with Gasteiger partial charge in [0, 0.05) is 0 Å². The molecular weight excluding hydrogens is 130 g/mol. The van der Waals surface area contributed by atoms with Crippen molar-refractivity contribution in [3.63, 3.8) is 0 Å². The predicted octanol–water partition coefficient (Wildman–Crippen LogP) is 0.0298. The Balaban J connectivity index is 4.23. The van der Waals surface area contributed by atoms with Crippen LogP contribution in [0.3, 0.4) is 0 Å². The van der Waals surface area contributed by atoms with Crippen LogP contribution in [0.25, 0.3) is 0 Å². The molecule has 0 saturated carbocycles. The summed E-state index contributed by atoms with van der Waals surface area (Å²) >= 11 is 0. The van der Waals surface area contributed by atoms with Gasteiger partial charge in [0.1, 0.15) is 12.1 Å². The van der Waals surface area contributed by atoms with Crippen LogP contribution in [-0.2, 0) is 0 Å². The van der Waals surface area contributed by atoms with Crippen molar-refractivity contribution in [1.82, 2.24) is 0 Å². The largest absolute Gasteiger partial charge is 0.372 e. The summed E-state index contributed by atoms with van der Waals surface area (Å²) in [5.74, 6) is -3.95. The maximum Gasteiger partial charge on any atom is 0.370 e. The van der Waals surface area contributed by atoms with Crippen molar-refractivity contribution < 1.29 is 13.9 Å². The van der Waals surface area contributed by atoms with E-state index in [1.807, 2.05) is 0 Å². The molecule has 0 aliphatic carbocycles. The molecule has 0 amide bonds. The van der Waals surface area contributed by atoms with Gasteiger partial charge in [0.25, 0.3) is 0 Å². The summed E-state index contributed by atoms with van der Waals surface area (Å²) in [6, 6.07) is 1.33. The first-order valence-corrected chi connectivity index (χ1v) is 1.91. The number of hydrogen-bond acceptors (Lipinski definition) is 3. The molecule has 0 aromatic rings. The molecule has 1 unspecified atom stereocenters. The van der Waals surface area contributed by atoms with E-state index in [1.54, 1.807) is 0 Å². The topological polar surface area (TPSA) is 67.8 Å². The minimum Gasteiger partial charge on any atom is -0.372 e. The fourth-order valence-corrected chi connectivity index (χ4v) is 0.142. The summed E-state index contributed by atoms with van der Waals surface area (Å²) in [6.07, 6.45) is -2.53. The van der Waals surface area contributed by atoms with Gasteiger partial charge in [-0.1, -0.05) is 0 Å². The molecule has 0 spiro atoms. The molecule has 0 heterocycles. The van der Waals surface area contributed by atoms with E-state index in [1.165, 1.54) is 0 Å². The van der Waals surface area contributed by atoms with Gasteiger partial charge in [-0.25, -0.2) is 0 Å². The lowest BCUT2D eigenvalue weighted by molar-refractivity contribution is -0.0344. The van der Waals surface area contributed by atoms with Gasteiger partial charge in [-0.2, -0.15) is 19.3 Å². The van der Waals surface area contributed by atoms with Crippen LogP contribution in [0.5, 0.6) is 0 Å². The highest BCUT2D eigenvalue weighted by Gasteiger charge is 2.38. The third-order valence-electron chi connectivity index (χ3n) is 0.615. The number of nitriles is 2. The van der Waals surface area contributed by atoms with Crippen LogP contribution < -0.4 is 0 Å². The van der Waals surface area contributed by atoms with E-state index < -0.39 is 12.0 Å². The van der Waals surface area contributed by atoms with Crippen molar-refractivity contribution in [2.45, 2.75) is 12.0 Å². The molecule has 48 valence electrons. The lowest BCUT2D eigenvalue weighted by Crippen LogP contribution is -2.29. The summed E-state index contributed by atoms with van der Waals surface area (Å²) in [4.78, 5) is 0. The van der Waals surface area contributed by atoms with E-state index in [4.69, 9.17) is 15.6 Å². The zero-order valence-electron chi connectivity index (χ0n) is 4.17. The number of aliphatic hydroxyl groups excluding tert-OH is 1. The summed E-state index contributed by atoms with van der Waals surface area (Å²) in [6.45, 7) is 0. The Bertz CT molecular complexity index is 178. The highest BCUT2D eigenvalue weighted by atomic mass is 19.3. The lowest BCUT2D eigenvalue weighted by atomic mass is 10.2. The molecule has 0 aromatic heterocycles. The van der Waals surface area contributed by atoms with Gasteiger partial charge in [0.15, 0.2) is 0 Å². The molecule has 0 fully saturated rings. The average molecular weight is 132 g/mol. The molecule has 1 N–H and O–H groups in total. The Kier molecular flexibility index (Phi) is 2.06. The molecule has 9 heavy (non-hydrogen) atoms. The second kappa shape index (κ2) is 2.38. The van der Waals surface area contributed by atoms with Gasteiger partial charge in [-0.3, -0.25) is 0 Å². The van der Waals surface area contributed by atoms with Gasteiger partial charge in [-0.05, 0) is 0 Å². The minimum atomic E-state index is -3.95. The molecule has 0 bridgehead atoms. The zero-order valence-corrected chi connectivity index (χ0v) is 4.17. The fraction of sp³-hybridized carbons (Fsp3) is 0.500. The first-order chi connectivity index (χ1) is 4.04. The van der Waals surface area contributed by atoms with Gasteiger partial charge >= 0.3 is 5.92 Å². The maximum atomic E-state index is 11.7. The van der Waals surface area contributed by atoms with Crippen LogP contribution in [0.1, 0.15) is 0 Å². The average Bonchev–Trinajstić information content (AvgIpc) is 1.86. The number of nitrogens with zero attached hydrogens (tertiary/aromatic N) is 2. The molecule has 0 aliphatic rings. The summed E-state index contributed by atoms with van der Waals surface area (Å²) < 4.78 is 23.4. The van der Waals surface area contributed by atoms with Gasteiger partial charge in [0.2, 0.25) is 6.10 Å². The first-order valence-electron chi connectivity index (χ1n) is 1.91. The number of halogens is 2. The van der Waals surface area contributed by atoms with Crippen molar-refractivity contribution in [1.29, 1.82) is 10.5 Å². The van der Waals surface area contributed by atoms with Crippen molar-refractivity contribution in [3.8, 4) is 12.1 Å². The Labute approximate surface area is 49.7 Å². The van der Waals surface area contributed by atoms with Crippen LogP contribution in [0, 0.1) is 22.7 Å². The van der Waals surface area contributed by atoms with Crippen molar-refractivity contribution in [3.05, 3.63) is 0 Å². The molecule has 5 heteroatoms. The minimum absolute atomic E-state index is 0.486. The van der Waals surface area contributed by atoms with E-state index in [2.05, 4.69) is 0 Å². The molecule has 0 radical (unpaired) electrons. The molecule has 0 aliphatic heterocycles. The van der Waals surface area contributed by atoms with Crippen LogP contribution in [0.2, 0.25) is 0 Å². The number of alkyl halides is 2. The number of rotatable bonds is 1. The Morgan fingerprint density at radius 1 is 1.44 bits per heavy atom. The first kappa shape index (κ1) is 7.80. The Morgan fingerprint density at radius 2 is 1.89 bits per heavy atom. The maximum absolute atomic E-state index is 11.7. The summed E-state index contributed by atoms with van der Waals surface area (Å²) in [5.41, 5.74) is 0. The van der Waals surface area contributed by atoms with Crippen LogP contribution >= 0.6 is 0 Å². The molecule has 1 atom stereocenters. The van der Waals surface area contributed by atoms with Gasteiger partial charge in [-0.15, -0.1) is 0 Å². The Hall–Kier alpha value is -1.20. The van der Waals surface area contributed by atoms with Crippen molar-refractivity contribution in [2.24, 2.45) is 0 Å². The van der Waals surface area contributed by atoms with E-state index in [0.29, 0.717) is 6.07 Å². The molecule has 0 aromatic carbocycles. The standard InChI is InChI=1S/C4H2F2N2O/c5-4(6,2-8)3(9)1-7/h3,9H. The van der Waals surface area contributed by atoms with Crippen LogP contribution in [0.4, 0.5) is 8.78 Å². The number of hydrogen-bond donors (Lipinski definition) is 1. The molecular formula is C4H2F2N2O. The van der Waals surface area contributed by atoms with Gasteiger partial charge in [0.05, 0.1) is 0 Å². The number of aliphatic hydroxyl groups is 1. The highest BCUT2D eigenvalue weighted by Crippen LogP contribution is 2.15. The van der Waals surface area contributed by atoms with Crippen LogP contribution in [0.15, 0.2) is 0 Å². The quantitative estimate of drug-likeness (QED) is 0.511. The Morgan fingerprint density at radius 3 is 2.00 bits per heavy atom. The van der Waals surface area contributed by atoms with E-state index in [9.17, 15) is 8.78 Å². The van der Waals surface area contributed by atoms with E-state index in [0.717, 1.165) is 6.07 Å². The lowest BCUT2D eigenvalue weighted by Gasteiger charge is -2.05.